The summed E-state index contributed by atoms with van der Waals surface area (Å²) < 4.78 is 34.8. The molecule has 10 N–H and O–H groups in total. The summed E-state index contributed by atoms with van der Waals surface area (Å²) in [6, 6.07) is -2.70. The molecule has 0 aliphatic carbocycles. The van der Waals surface area contributed by atoms with Gasteiger partial charge in [0.1, 0.15) is 18.8 Å². The molecule has 0 radical (unpaired) electrons. The van der Waals surface area contributed by atoms with E-state index in [1.165, 1.54) is 109 Å². The van der Waals surface area contributed by atoms with Crippen LogP contribution in [0, 0.1) is 0 Å². The molecule has 0 spiro atoms. The molecule has 0 rings (SSSR count). The predicted molar refractivity (Wildman–Crippen MR) is 266 cm³/mol. The second-order valence-electron chi connectivity index (χ2n) is 17.4. The van der Waals surface area contributed by atoms with Crippen LogP contribution in [-0.4, -0.2) is 141 Å². The fourth-order valence-corrected chi connectivity index (χ4v) is 8.26. The van der Waals surface area contributed by atoms with Crippen molar-refractivity contribution in [3.8, 4) is 0 Å². The number of amides is 6. The van der Waals surface area contributed by atoms with E-state index in [-0.39, 0.29) is 70.0 Å². The molecular weight excluding hydrogens is 899 g/mol. The molecule has 0 aromatic heterocycles. The predicted octanol–water partition coefficient (Wildman–Crippen LogP) is 4.90. The summed E-state index contributed by atoms with van der Waals surface area (Å²) in [7, 11) is -1.84. The first kappa shape index (κ1) is 64.4. The first-order valence-electron chi connectivity index (χ1n) is 25.8. The van der Waals surface area contributed by atoms with E-state index in [0.29, 0.717) is 13.1 Å². The maximum absolute atomic E-state index is 13.2. The molecule has 0 bridgehead atoms. The Balaban J connectivity index is 4.80. The molecule has 19 nitrogen and oxygen atoms in total. The molecule has 0 saturated carbocycles. The second-order valence-corrected chi connectivity index (χ2v) is 18.9. The van der Waals surface area contributed by atoms with Crippen molar-refractivity contribution in [1.29, 1.82) is 0 Å². The highest BCUT2D eigenvalue weighted by Gasteiger charge is 2.26. The molecule has 0 saturated heterocycles. The average molecular weight is 992 g/mol. The van der Waals surface area contributed by atoms with Crippen LogP contribution in [0.4, 0.5) is 9.59 Å². The molecule has 6 amide bonds. The Morgan fingerprint density at radius 2 is 1.03 bits per heavy atom. The number of aliphatic hydroxyl groups is 1. The molecular formula is C48H93N7O12S. The third-order valence-electron chi connectivity index (χ3n) is 11.0. The van der Waals surface area contributed by atoms with E-state index in [1.807, 2.05) is 0 Å². The van der Waals surface area contributed by atoms with Crippen LogP contribution in [0.5, 0.6) is 0 Å². The number of ether oxygens (including phenoxy) is 4. The molecule has 398 valence electrons. The second kappa shape index (κ2) is 47.1. The zero-order valence-electron chi connectivity index (χ0n) is 41.9. The van der Waals surface area contributed by atoms with Gasteiger partial charge in [0.25, 0.3) is 0 Å². The highest BCUT2D eigenvalue weighted by Crippen LogP contribution is 2.13. The van der Waals surface area contributed by atoms with Gasteiger partial charge < -0.3 is 62.1 Å². The van der Waals surface area contributed by atoms with E-state index >= 15 is 0 Å². The van der Waals surface area contributed by atoms with E-state index in [4.69, 9.17) is 30.4 Å². The van der Waals surface area contributed by atoms with Crippen molar-refractivity contribution in [2.75, 3.05) is 77.3 Å². The molecule has 0 aliphatic rings. The van der Waals surface area contributed by atoms with Gasteiger partial charge in [-0.2, -0.15) is 0 Å². The third-order valence-corrected chi connectivity index (χ3v) is 12.5. The smallest absolute Gasteiger partial charge is 0.407 e. The van der Waals surface area contributed by atoms with Gasteiger partial charge in [-0.25, -0.2) is 9.59 Å². The summed E-state index contributed by atoms with van der Waals surface area (Å²) in [4.78, 5) is 73.1. The number of rotatable bonds is 48. The summed E-state index contributed by atoms with van der Waals surface area (Å²) >= 11 is 0. The molecule has 0 aromatic carbocycles. The lowest BCUT2D eigenvalue weighted by Gasteiger charge is -2.21. The van der Waals surface area contributed by atoms with Gasteiger partial charge in [-0.3, -0.25) is 23.4 Å². The Kier molecular flexibility index (Phi) is 44.6. The van der Waals surface area contributed by atoms with Gasteiger partial charge in [-0.05, 0) is 12.8 Å². The number of nitrogens with one attached hydrogen (secondary N) is 5. The van der Waals surface area contributed by atoms with Gasteiger partial charge in [-0.15, -0.1) is 0 Å². The molecule has 68 heavy (non-hydrogen) atoms. The van der Waals surface area contributed by atoms with Gasteiger partial charge in [0.15, 0.2) is 0 Å². The minimum atomic E-state index is -1.84. The van der Waals surface area contributed by atoms with E-state index in [9.17, 15) is 38.1 Å². The topological polar surface area (TPSA) is 289 Å². The lowest BCUT2D eigenvalue weighted by atomic mass is 10.1. The SMILES string of the molecule is CCCCCCCCCCCCCCNC(=O)OC[C@H](CS(=O)C[C@H](N)C(=O)N[C@@H](CO)C(=O)NCCOCCOCCC(=O)NCC(N)=O)OC(=O)NCCCCCCCCCCCCCC. The van der Waals surface area contributed by atoms with E-state index in [0.717, 1.165) is 44.9 Å². The summed E-state index contributed by atoms with van der Waals surface area (Å²) in [5, 5.41) is 22.5. The Hall–Kier alpha value is -3.59. The van der Waals surface area contributed by atoms with Crippen molar-refractivity contribution >= 4 is 46.6 Å². The summed E-state index contributed by atoms with van der Waals surface area (Å²) in [5.41, 5.74) is 11.0. The van der Waals surface area contributed by atoms with E-state index in [2.05, 4.69) is 40.4 Å². The molecule has 0 fully saturated rings. The molecule has 0 heterocycles. The summed E-state index contributed by atoms with van der Waals surface area (Å²) in [6.45, 7) is 4.50. The molecule has 0 aliphatic heterocycles. The van der Waals surface area contributed by atoms with E-state index < -0.39 is 65.5 Å². The molecule has 0 aromatic rings. The standard InChI is InChI=1S/C48H93N7O12S/c1-3-5-7-9-11-13-15-17-19-21-23-25-28-52-47(61)66-37-40(67-48(62)53-29-26-24-22-20-18-16-14-12-10-8-6-4-2)38-68(63)39-41(49)45(59)55-42(36-56)46(60)51-30-32-65-34-33-64-31-27-44(58)54-35-43(50)57/h40-42,56H,3-39,49H2,1-2H3,(H2,50,57)(H,51,60)(H,52,61)(H,53,62)(H,54,58)(H,55,59)/t40-,41+,42+,68?/m1/s1. The largest absolute Gasteiger partial charge is 0.446 e. The van der Waals surface area contributed by atoms with Crippen molar-refractivity contribution in [1.82, 2.24) is 26.6 Å². The number of carbonyl (C=O) groups excluding carboxylic acids is 6. The summed E-state index contributed by atoms with van der Waals surface area (Å²) in [6.07, 6.45) is 26.1. The van der Waals surface area contributed by atoms with Crippen LogP contribution in [0.1, 0.15) is 174 Å². The van der Waals surface area contributed by atoms with Gasteiger partial charge in [-0.1, -0.05) is 155 Å². The monoisotopic (exact) mass is 992 g/mol. The van der Waals surface area contributed by atoms with Gasteiger partial charge in [0, 0.05) is 42.6 Å². The van der Waals surface area contributed by atoms with Crippen LogP contribution in [0.2, 0.25) is 0 Å². The number of alkyl carbamates (subject to hydrolysis) is 2. The van der Waals surface area contributed by atoms with Crippen LogP contribution in [0.3, 0.4) is 0 Å². The fraction of sp³-hybridized carbons (Fsp3) is 0.875. The normalized spacial score (nSPS) is 12.9. The van der Waals surface area contributed by atoms with Crippen molar-refractivity contribution < 1.29 is 57.0 Å². The fourth-order valence-electron chi connectivity index (χ4n) is 7.00. The first-order chi connectivity index (χ1) is 32.9. The highest BCUT2D eigenvalue weighted by atomic mass is 32.2. The molecule has 20 heteroatoms. The maximum Gasteiger partial charge on any atom is 0.407 e. The number of unbranched alkanes of at least 4 members (excludes halogenated alkanes) is 22. The van der Waals surface area contributed by atoms with Crippen LogP contribution in [0.15, 0.2) is 0 Å². The Morgan fingerprint density at radius 3 is 1.51 bits per heavy atom. The number of carbonyl (C=O) groups is 6. The number of hydrogen-bond acceptors (Lipinski definition) is 13. The minimum Gasteiger partial charge on any atom is -0.446 e. The van der Waals surface area contributed by atoms with Crippen LogP contribution in [-0.2, 0) is 48.9 Å². The number of aliphatic hydroxyl groups excluding tert-OH is 1. The molecule has 4 atom stereocenters. The highest BCUT2D eigenvalue weighted by molar-refractivity contribution is 7.85. The zero-order valence-corrected chi connectivity index (χ0v) is 42.7. The lowest BCUT2D eigenvalue weighted by Crippen LogP contribution is -2.54. The van der Waals surface area contributed by atoms with Crippen LogP contribution in [0.25, 0.3) is 0 Å². The van der Waals surface area contributed by atoms with E-state index in [1.54, 1.807) is 0 Å². The van der Waals surface area contributed by atoms with Crippen molar-refractivity contribution in [2.45, 2.75) is 193 Å². The quantitative estimate of drug-likeness (QED) is 0.0377. The first-order valence-corrected chi connectivity index (χ1v) is 27.3. The Bertz CT molecular complexity index is 1340. The lowest BCUT2D eigenvalue weighted by molar-refractivity contribution is -0.130. The zero-order chi connectivity index (χ0) is 50.3. The number of hydrogen-bond donors (Lipinski definition) is 8. The Labute approximate surface area is 410 Å². The van der Waals surface area contributed by atoms with Crippen molar-refractivity contribution in [3.63, 3.8) is 0 Å². The number of nitrogens with two attached hydrogens (primary N) is 2. The van der Waals surface area contributed by atoms with Gasteiger partial charge in [0.05, 0.1) is 51.4 Å². The Morgan fingerprint density at radius 1 is 0.559 bits per heavy atom. The van der Waals surface area contributed by atoms with Gasteiger partial charge in [0.2, 0.25) is 23.6 Å². The van der Waals surface area contributed by atoms with Gasteiger partial charge >= 0.3 is 12.2 Å². The average Bonchev–Trinajstić information content (AvgIpc) is 3.31. The third kappa shape index (κ3) is 42.5. The number of primary amides is 1. The maximum atomic E-state index is 13.2. The van der Waals surface area contributed by atoms with Crippen LogP contribution >= 0.6 is 0 Å². The van der Waals surface area contributed by atoms with Crippen LogP contribution < -0.4 is 38.1 Å². The molecule has 1 unspecified atom stereocenters. The van der Waals surface area contributed by atoms with Crippen molar-refractivity contribution in [2.24, 2.45) is 11.5 Å². The van der Waals surface area contributed by atoms with Crippen molar-refractivity contribution in [3.05, 3.63) is 0 Å². The minimum absolute atomic E-state index is 0.0407. The summed E-state index contributed by atoms with van der Waals surface area (Å²) in [5.74, 6) is -3.22.